The van der Waals surface area contributed by atoms with Gasteiger partial charge in [-0.3, -0.25) is 19.2 Å². The van der Waals surface area contributed by atoms with Crippen LogP contribution in [0.2, 0.25) is 0 Å². The molecule has 2 atom stereocenters. The van der Waals surface area contributed by atoms with E-state index in [0.29, 0.717) is 6.42 Å². The van der Waals surface area contributed by atoms with E-state index in [1.165, 1.54) is 5.06 Å². The smallest absolute Gasteiger partial charge is 0.323 e. The van der Waals surface area contributed by atoms with E-state index in [-0.39, 0.29) is 6.42 Å². The van der Waals surface area contributed by atoms with Gasteiger partial charge in [0.15, 0.2) is 0 Å². The molecule has 1 fully saturated rings. The average Bonchev–Trinajstić information content (AvgIpc) is 2.22. The molecule has 0 aromatic heterocycles. The van der Waals surface area contributed by atoms with Crippen molar-refractivity contribution in [2.24, 2.45) is 0 Å². The third kappa shape index (κ3) is 3.14. The highest BCUT2D eigenvalue weighted by atomic mass is 16.7. The number of carbonyl (C=O) groups is 3. The van der Waals surface area contributed by atoms with Crippen molar-refractivity contribution in [3.8, 4) is 0 Å². The van der Waals surface area contributed by atoms with E-state index in [4.69, 9.17) is 9.94 Å². The monoisotopic (exact) mass is 257 g/mol. The molecule has 1 N–H and O–H groups in total. The van der Waals surface area contributed by atoms with Crippen molar-refractivity contribution in [1.82, 2.24) is 5.06 Å². The Morgan fingerprint density at radius 3 is 2.33 bits per heavy atom. The predicted molar refractivity (Wildman–Crippen MR) is 62.8 cm³/mol. The van der Waals surface area contributed by atoms with Gasteiger partial charge in [-0.25, -0.2) is 0 Å². The summed E-state index contributed by atoms with van der Waals surface area (Å²) in [5.41, 5.74) is -0.623. The maximum absolute atomic E-state index is 11.5. The summed E-state index contributed by atoms with van der Waals surface area (Å²) in [7, 11) is 0. The van der Waals surface area contributed by atoms with Gasteiger partial charge < -0.3 is 5.11 Å². The summed E-state index contributed by atoms with van der Waals surface area (Å²) >= 11 is 0. The van der Waals surface area contributed by atoms with Gasteiger partial charge in [-0.2, -0.15) is 5.06 Å². The van der Waals surface area contributed by atoms with Gasteiger partial charge in [-0.05, 0) is 27.2 Å². The maximum atomic E-state index is 11.5. The van der Waals surface area contributed by atoms with Gasteiger partial charge in [0.1, 0.15) is 12.1 Å². The third-order valence-corrected chi connectivity index (χ3v) is 2.62. The number of carbonyl (C=O) groups excluding carboxylic acids is 2. The molecule has 0 aromatic carbocycles. The minimum Gasteiger partial charge on any atom is -0.480 e. The van der Waals surface area contributed by atoms with Crippen LogP contribution in [0.25, 0.3) is 0 Å². The lowest BCUT2D eigenvalue weighted by Crippen LogP contribution is -2.60. The molecule has 0 amide bonds. The zero-order valence-corrected chi connectivity index (χ0v) is 11.1. The second-order valence-electron chi connectivity index (χ2n) is 5.33. The fourth-order valence-corrected chi connectivity index (χ4v) is 1.75. The lowest BCUT2D eigenvalue weighted by atomic mass is 9.88. The molecule has 18 heavy (non-hydrogen) atoms. The van der Waals surface area contributed by atoms with Crippen LogP contribution in [-0.4, -0.2) is 45.4 Å². The predicted octanol–water partition coefficient (Wildman–Crippen LogP) is 0.792. The van der Waals surface area contributed by atoms with Crippen LogP contribution in [0.5, 0.6) is 0 Å². The Balaban J connectivity index is 2.91. The second kappa shape index (κ2) is 5.16. The van der Waals surface area contributed by atoms with Crippen molar-refractivity contribution in [1.29, 1.82) is 0 Å². The number of aliphatic carboxylic acids is 1. The summed E-state index contributed by atoms with van der Waals surface area (Å²) < 4.78 is 0. The van der Waals surface area contributed by atoms with Gasteiger partial charge >= 0.3 is 5.97 Å². The number of rotatable bonds is 5. The Labute approximate surface area is 106 Å². The summed E-state index contributed by atoms with van der Waals surface area (Å²) in [5.74, 6) is -2.10. The van der Waals surface area contributed by atoms with Crippen molar-refractivity contribution in [3.05, 3.63) is 0 Å². The fraction of sp³-hybridized carbons (Fsp3) is 0.750. The number of nitrogens with zero attached hydrogens (tertiary/aromatic N) is 1. The first kappa shape index (κ1) is 14.8. The summed E-state index contributed by atoms with van der Waals surface area (Å²) in [6, 6.07) is -1.69. The van der Waals surface area contributed by atoms with Crippen molar-refractivity contribution in [3.63, 3.8) is 0 Å². The number of carboxylic acids is 1. The molecular formula is C12H19NO5. The highest BCUT2D eigenvalue weighted by Gasteiger charge is 2.47. The van der Waals surface area contributed by atoms with Crippen molar-refractivity contribution >= 4 is 17.5 Å². The quantitative estimate of drug-likeness (QED) is 0.579. The van der Waals surface area contributed by atoms with Gasteiger partial charge in [0.05, 0.1) is 5.60 Å². The topological polar surface area (TPSA) is 83.9 Å². The Bertz CT molecular complexity index is 371. The minimum absolute atomic E-state index is 0.0265. The molecule has 1 aliphatic carbocycles. The number of carboxylic acid groups (broad SMARTS) is 1. The van der Waals surface area contributed by atoms with Crippen LogP contribution in [0.3, 0.4) is 0 Å². The van der Waals surface area contributed by atoms with Crippen molar-refractivity contribution in [2.75, 3.05) is 0 Å². The Morgan fingerprint density at radius 2 is 2.06 bits per heavy atom. The number of hydrogen-bond acceptors (Lipinski definition) is 5. The SMILES string of the molecule is CC[C@@H](C(=O)O)N(OC(C)(C)C)C1CC(=O)C1=O. The molecule has 0 heterocycles. The molecule has 1 rings (SSSR count). The molecule has 102 valence electrons. The van der Waals surface area contributed by atoms with Crippen LogP contribution in [0, 0.1) is 0 Å². The van der Waals surface area contributed by atoms with Crippen LogP contribution in [0.1, 0.15) is 40.5 Å². The van der Waals surface area contributed by atoms with Gasteiger partial charge in [-0.15, -0.1) is 0 Å². The van der Waals surface area contributed by atoms with E-state index >= 15 is 0 Å². The summed E-state index contributed by atoms with van der Waals surface area (Å²) in [6.45, 7) is 6.99. The summed E-state index contributed by atoms with van der Waals surface area (Å²) in [4.78, 5) is 39.2. The molecule has 6 heteroatoms. The van der Waals surface area contributed by atoms with Crippen molar-refractivity contribution in [2.45, 2.75) is 58.2 Å². The van der Waals surface area contributed by atoms with E-state index < -0.39 is 35.2 Å². The Kier molecular flexibility index (Phi) is 4.24. The van der Waals surface area contributed by atoms with Crippen LogP contribution in [-0.2, 0) is 19.2 Å². The second-order valence-corrected chi connectivity index (χ2v) is 5.33. The zero-order valence-electron chi connectivity index (χ0n) is 11.1. The number of ketones is 2. The largest absolute Gasteiger partial charge is 0.480 e. The molecule has 1 aliphatic rings. The van der Waals surface area contributed by atoms with Crippen LogP contribution < -0.4 is 0 Å². The van der Waals surface area contributed by atoms with Crippen LogP contribution in [0.15, 0.2) is 0 Å². The number of hydrogen-bond donors (Lipinski definition) is 1. The fourth-order valence-electron chi connectivity index (χ4n) is 1.75. The normalized spacial score (nSPS) is 21.9. The highest BCUT2D eigenvalue weighted by molar-refractivity contribution is 6.46. The Morgan fingerprint density at radius 1 is 1.50 bits per heavy atom. The molecule has 0 aromatic rings. The minimum atomic E-state index is -1.06. The highest BCUT2D eigenvalue weighted by Crippen LogP contribution is 2.25. The standard InChI is InChI=1S/C12H19NO5/c1-5-7(11(16)17)13(18-12(2,3)4)8-6-9(14)10(8)15/h7-8H,5-6H2,1-4H3,(H,16,17)/t7-,8?/m0/s1. The third-order valence-electron chi connectivity index (χ3n) is 2.62. The first-order valence-electron chi connectivity index (χ1n) is 5.94. The maximum Gasteiger partial charge on any atom is 0.323 e. The molecule has 1 unspecified atom stereocenters. The molecule has 0 saturated heterocycles. The molecular weight excluding hydrogens is 238 g/mol. The van der Waals surface area contributed by atoms with Crippen molar-refractivity contribution < 1.29 is 24.3 Å². The Hall–Kier alpha value is -1.27. The summed E-state index contributed by atoms with van der Waals surface area (Å²) in [6.07, 6.45) is 0.322. The molecule has 1 saturated carbocycles. The van der Waals surface area contributed by atoms with Gasteiger partial charge in [0.25, 0.3) is 0 Å². The van der Waals surface area contributed by atoms with Gasteiger partial charge in [-0.1, -0.05) is 6.92 Å². The average molecular weight is 257 g/mol. The summed E-state index contributed by atoms with van der Waals surface area (Å²) in [5, 5.41) is 10.3. The van der Waals surface area contributed by atoms with Gasteiger partial charge in [0.2, 0.25) is 11.6 Å². The van der Waals surface area contributed by atoms with E-state index in [0.717, 1.165) is 0 Å². The van der Waals surface area contributed by atoms with Gasteiger partial charge in [0, 0.05) is 6.42 Å². The van der Waals surface area contributed by atoms with Crippen LogP contribution in [0.4, 0.5) is 0 Å². The number of hydroxylamine groups is 2. The molecule has 0 radical (unpaired) electrons. The zero-order chi connectivity index (χ0) is 14.1. The first-order valence-corrected chi connectivity index (χ1v) is 5.94. The van der Waals surface area contributed by atoms with E-state index in [1.54, 1.807) is 27.7 Å². The lowest BCUT2D eigenvalue weighted by molar-refractivity contribution is -0.269. The number of Topliss-reactive ketones (excluding diaryl/α,β-unsaturated/α-hetero) is 2. The molecule has 0 bridgehead atoms. The van der Waals surface area contributed by atoms with E-state index in [9.17, 15) is 14.4 Å². The van der Waals surface area contributed by atoms with Crippen LogP contribution >= 0.6 is 0 Å². The molecule has 0 aliphatic heterocycles. The molecule has 0 spiro atoms. The first-order chi connectivity index (χ1) is 8.17. The lowest BCUT2D eigenvalue weighted by Gasteiger charge is -2.40. The van der Waals surface area contributed by atoms with E-state index in [2.05, 4.69) is 0 Å². The van der Waals surface area contributed by atoms with E-state index in [1.807, 2.05) is 0 Å². The molecule has 6 nitrogen and oxygen atoms in total.